The lowest BCUT2D eigenvalue weighted by Crippen LogP contribution is -2.22. The Morgan fingerprint density at radius 1 is 1.00 bits per heavy atom. The zero-order valence-electron chi connectivity index (χ0n) is 16.7. The summed E-state index contributed by atoms with van der Waals surface area (Å²) in [5.74, 6) is 0.601. The Hall–Kier alpha value is -3.93. The van der Waals surface area contributed by atoms with Gasteiger partial charge in [-0.15, -0.1) is 0 Å². The van der Waals surface area contributed by atoms with Gasteiger partial charge in [-0.3, -0.25) is 9.78 Å². The second-order valence-electron chi connectivity index (χ2n) is 6.66. The van der Waals surface area contributed by atoms with Crippen LogP contribution in [0.1, 0.15) is 22.8 Å². The van der Waals surface area contributed by atoms with Gasteiger partial charge in [-0.05, 0) is 55.5 Å². The van der Waals surface area contributed by atoms with Crippen LogP contribution in [0.2, 0.25) is 0 Å². The molecule has 0 saturated heterocycles. The van der Waals surface area contributed by atoms with E-state index in [-0.39, 0.29) is 5.91 Å². The second-order valence-corrected chi connectivity index (χ2v) is 6.66. The van der Waals surface area contributed by atoms with E-state index in [9.17, 15) is 4.79 Å². The van der Waals surface area contributed by atoms with Crippen molar-refractivity contribution in [3.8, 4) is 22.7 Å². The highest BCUT2D eigenvalue weighted by Crippen LogP contribution is 2.23. The first-order chi connectivity index (χ1) is 14.7. The predicted molar refractivity (Wildman–Crippen MR) is 116 cm³/mol. The lowest BCUT2D eigenvalue weighted by molar-refractivity contribution is 0.0951. The van der Waals surface area contributed by atoms with Crippen molar-refractivity contribution in [3.63, 3.8) is 0 Å². The molecule has 150 valence electrons. The Morgan fingerprint density at radius 2 is 1.73 bits per heavy atom. The number of carbonyl (C=O) groups is 1. The quantitative estimate of drug-likeness (QED) is 0.505. The molecule has 4 aromatic rings. The third-order valence-corrected chi connectivity index (χ3v) is 4.63. The molecule has 0 atom stereocenters. The van der Waals surface area contributed by atoms with E-state index in [4.69, 9.17) is 9.84 Å². The highest BCUT2D eigenvalue weighted by atomic mass is 16.5. The molecular formula is C24H22N4O2. The Kier molecular flexibility index (Phi) is 5.85. The lowest BCUT2D eigenvalue weighted by atomic mass is 10.1. The van der Waals surface area contributed by atoms with Crippen molar-refractivity contribution in [3.05, 3.63) is 96.4 Å². The summed E-state index contributed by atoms with van der Waals surface area (Å²) in [7, 11) is 0. The predicted octanol–water partition coefficient (Wildman–Crippen LogP) is 4.26. The molecule has 0 bridgehead atoms. The highest BCUT2D eigenvalue weighted by Gasteiger charge is 2.14. The monoisotopic (exact) mass is 398 g/mol. The number of carbonyl (C=O) groups excluding carboxylic acids is 1. The van der Waals surface area contributed by atoms with Crippen LogP contribution in [0.4, 0.5) is 0 Å². The minimum Gasteiger partial charge on any atom is -0.494 e. The van der Waals surface area contributed by atoms with E-state index in [1.54, 1.807) is 36.7 Å². The summed E-state index contributed by atoms with van der Waals surface area (Å²) in [5.41, 5.74) is 4.22. The lowest BCUT2D eigenvalue weighted by Gasteiger charge is -2.07. The van der Waals surface area contributed by atoms with Gasteiger partial charge in [0.1, 0.15) is 5.75 Å². The maximum absolute atomic E-state index is 12.6. The van der Waals surface area contributed by atoms with Crippen LogP contribution in [0.3, 0.4) is 0 Å². The van der Waals surface area contributed by atoms with Crippen molar-refractivity contribution in [1.29, 1.82) is 0 Å². The summed E-state index contributed by atoms with van der Waals surface area (Å²) in [6.07, 6.45) is 5.42. The fourth-order valence-electron chi connectivity index (χ4n) is 3.15. The molecule has 6 heteroatoms. The molecule has 0 aliphatic heterocycles. The molecule has 1 N–H and O–H groups in total. The second kappa shape index (κ2) is 9.05. The number of amides is 1. The first-order valence-electron chi connectivity index (χ1n) is 9.80. The van der Waals surface area contributed by atoms with E-state index in [0.717, 1.165) is 28.3 Å². The van der Waals surface area contributed by atoms with Crippen molar-refractivity contribution >= 4 is 5.91 Å². The minimum absolute atomic E-state index is 0.147. The molecule has 6 nitrogen and oxygen atoms in total. The fourth-order valence-corrected chi connectivity index (χ4v) is 3.15. The minimum atomic E-state index is -0.147. The van der Waals surface area contributed by atoms with E-state index >= 15 is 0 Å². The van der Waals surface area contributed by atoms with Crippen LogP contribution in [0, 0.1) is 0 Å². The molecule has 2 aromatic heterocycles. The summed E-state index contributed by atoms with van der Waals surface area (Å²) in [6, 6.07) is 20.8. The molecule has 2 aromatic carbocycles. The van der Waals surface area contributed by atoms with E-state index in [1.165, 1.54) is 0 Å². The normalized spacial score (nSPS) is 10.6. The fraction of sp³-hybridized carbons (Fsp3) is 0.125. The number of benzene rings is 2. The van der Waals surface area contributed by atoms with Crippen LogP contribution in [0.25, 0.3) is 16.9 Å². The van der Waals surface area contributed by atoms with Crippen LogP contribution >= 0.6 is 0 Å². The van der Waals surface area contributed by atoms with Gasteiger partial charge in [0.05, 0.1) is 18.0 Å². The zero-order valence-corrected chi connectivity index (χ0v) is 16.7. The summed E-state index contributed by atoms with van der Waals surface area (Å²) in [6.45, 7) is 2.88. The Morgan fingerprint density at radius 3 is 2.43 bits per heavy atom. The molecule has 4 rings (SSSR count). The van der Waals surface area contributed by atoms with Crippen LogP contribution < -0.4 is 10.1 Å². The molecule has 0 radical (unpaired) electrons. The number of ether oxygens (including phenoxy) is 1. The van der Waals surface area contributed by atoms with Crippen LogP contribution in [-0.2, 0) is 6.54 Å². The van der Waals surface area contributed by atoms with Crippen molar-refractivity contribution in [2.75, 3.05) is 6.61 Å². The molecule has 2 heterocycles. The van der Waals surface area contributed by atoms with Gasteiger partial charge in [-0.25, -0.2) is 4.68 Å². The highest BCUT2D eigenvalue weighted by molar-refractivity contribution is 5.94. The third-order valence-electron chi connectivity index (χ3n) is 4.63. The van der Waals surface area contributed by atoms with Crippen LogP contribution in [0.5, 0.6) is 5.75 Å². The maximum atomic E-state index is 12.6. The maximum Gasteiger partial charge on any atom is 0.251 e. The molecule has 0 saturated carbocycles. The standard InChI is InChI=1S/C24H22N4O2/c1-2-30-22-10-8-19(9-11-22)24(29)26-16-20-17-28(21-6-4-3-5-7-21)27-23(20)18-12-14-25-15-13-18/h3-15,17H,2,16H2,1H3,(H,26,29). The summed E-state index contributed by atoms with van der Waals surface area (Å²) < 4.78 is 7.26. The number of hydrogen-bond acceptors (Lipinski definition) is 4. The molecule has 0 aliphatic carbocycles. The number of nitrogens with zero attached hydrogens (tertiary/aromatic N) is 3. The SMILES string of the molecule is CCOc1ccc(C(=O)NCc2cn(-c3ccccc3)nc2-c2ccncc2)cc1. The molecule has 0 fully saturated rings. The topological polar surface area (TPSA) is 69.0 Å². The molecule has 0 aliphatic rings. The number of nitrogens with one attached hydrogen (secondary N) is 1. The molecule has 1 amide bonds. The first-order valence-corrected chi connectivity index (χ1v) is 9.80. The molecule has 30 heavy (non-hydrogen) atoms. The van der Waals surface area contributed by atoms with Crippen molar-refractivity contribution in [1.82, 2.24) is 20.1 Å². The summed E-state index contributed by atoms with van der Waals surface area (Å²) in [4.78, 5) is 16.7. The number of hydrogen-bond donors (Lipinski definition) is 1. The van der Waals surface area contributed by atoms with Gasteiger partial charge in [0.25, 0.3) is 5.91 Å². The smallest absolute Gasteiger partial charge is 0.251 e. The number of aromatic nitrogens is 3. The van der Waals surface area contributed by atoms with Gasteiger partial charge >= 0.3 is 0 Å². The number of para-hydroxylation sites is 1. The molecular weight excluding hydrogens is 376 g/mol. The van der Waals surface area contributed by atoms with Crippen LogP contribution in [-0.4, -0.2) is 27.3 Å². The molecule has 0 unspecified atom stereocenters. The third kappa shape index (κ3) is 4.38. The number of rotatable bonds is 7. The van der Waals surface area contributed by atoms with Gasteiger partial charge in [-0.1, -0.05) is 18.2 Å². The van der Waals surface area contributed by atoms with E-state index in [1.807, 2.05) is 60.3 Å². The van der Waals surface area contributed by atoms with E-state index < -0.39 is 0 Å². The van der Waals surface area contributed by atoms with Crippen molar-refractivity contribution in [2.45, 2.75) is 13.5 Å². The van der Waals surface area contributed by atoms with Gasteiger partial charge in [0, 0.05) is 41.8 Å². The average molecular weight is 398 g/mol. The van der Waals surface area contributed by atoms with Gasteiger partial charge < -0.3 is 10.1 Å². The Bertz CT molecular complexity index is 1110. The van der Waals surface area contributed by atoms with Gasteiger partial charge in [-0.2, -0.15) is 5.10 Å². The Balaban J connectivity index is 1.56. The largest absolute Gasteiger partial charge is 0.494 e. The summed E-state index contributed by atoms with van der Waals surface area (Å²) in [5, 5.41) is 7.75. The zero-order chi connectivity index (χ0) is 20.8. The van der Waals surface area contributed by atoms with Crippen LogP contribution in [0.15, 0.2) is 85.3 Å². The average Bonchev–Trinajstić information content (AvgIpc) is 3.24. The van der Waals surface area contributed by atoms with Crippen molar-refractivity contribution < 1.29 is 9.53 Å². The van der Waals surface area contributed by atoms with Gasteiger partial charge in [0.15, 0.2) is 0 Å². The number of pyridine rings is 1. The molecule has 0 spiro atoms. The van der Waals surface area contributed by atoms with Crippen molar-refractivity contribution in [2.24, 2.45) is 0 Å². The van der Waals surface area contributed by atoms with E-state index in [0.29, 0.717) is 18.7 Å². The summed E-state index contributed by atoms with van der Waals surface area (Å²) >= 11 is 0. The van der Waals surface area contributed by atoms with Gasteiger partial charge in [0.2, 0.25) is 0 Å². The van der Waals surface area contributed by atoms with E-state index in [2.05, 4.69) is 10.3 Å². The Labute approximate surface area is 175 Å². The first kappa shape index (κ1) is 19.4.